The standard InChI is InChI=1S/C22H22BrFN2O3/c1-3-4-5-15(21(25)28)20-12(2)26(18-11-17(24)19(27)10-16(18)20)22(29)13-6-8-14(23)9-7-13/h6-11,15,27H,3-5H2,1-2H3,(H2,25,28). The van der Waals surface area contributed by atoms with Gasteiger partial charge in [-0.15, -0.1) is 0 Å². The smallest absolute Gasteiger partial charge is 0.262 e. The highest BCUT2D eigenvalue weighted by Crippen LogP contribution is 2.37. The van der Waals surface area contributed by atoms with E-state index < -0.39 is 23.4 Å². The molecule has 3 aromatic rings. The number of nitrogens with zero attached hydrogens (tertiary/aromatic N) is 1. The Morgan fingerprint density at radius 1 is 1.24 bits per heavy atom. The molecule has 3 N–H and O–H groups in total. The molecule has 0 saturated heterocycles. The van der Waals surface area contributed by atoms with Crippen molar-refractivity contribution in [3.8, 4) is 5.75 Å². The van der Waals surface area contributed by atoms with Crippen LogP contribution in [-0.4, -0.2) is 21.5 Å². The summed E-state index contributed by atoms with van der Waals surface area (Å²) in [6, 6.07) is 9.20. The van der Waals surface area contributed by atoms with Crippen LogP contribution in [0.4, 0.5) is 4.39 Å². The van der Waals surface area contributed by atoms with Crippen molar-refractivity contribution in [3.05, 3.63) is 63.5 Å². The van der Waals surface area contributed by atoms with E-state index in [1.54, 1.807) is 31.2 Å². The van der Waals surface area contributed by atoms with Gasteiger partial charge in [-0.1, -0.05) is 35.7 Å². The first kappa shape index (κ1) is 21.0. The lowest BCUT2D eigenvalue weighted by Crippen LogP contribution is -2.22. The van der Waals surface area contributed by atoms with Crippen LogP contribution in [0.3, 0.4) is 0 Å². The second-order valence-corrected chi connectivity index (χ2v) is 7.98. The fourth-order valence-corrected chi connectivity index (χ4v) is 3.97. The Morgan fingerprint density at radius 2 is 1.90 bits per heavy atom. The number of benzene rings is 2. The maximum absolute atomic E-state index is 14.2. The van der Waals surface area contributed by atoms with Crippen LogP contribution in [0.2, 0.25) is 0 Å². The van der Waals surface area contributed by atoms with Crippen LogP contribution in [0, 0.1) is 12.7 Å². The summed E-state index contributed by atoms with van der Waals surface area (Å²) < 4.78 is 16.4. The lowest BCUT2D eigenvalue weighted by atomic mass is 9.90. The van der Waals surface area contributed by atoms with Crippen molar-refractivity contribution in [2.45, 2.75) is 39.0 Å². The molecule has 1 amide bonds. The predicted molar refractivity (Wildman–Crippen MR) is 114 cm³/mol. The van der Waals surface area contributed by atoms with Gasteiger partial charge in [-0.3, -0.25) is 14.2 Å². The third-order valence-corrected chi connectivity index (χ3v) is 5.68. The first-order valence-corrected chi connectivity index (χ1v) is 10.2. The zero-order valence-electron chi connectivity index (χ0n) is 16.2. The van der Waals surface area contributed by atoms with Gasteiger partial charge in [-0.25, -0.2) is 4.39 Å². The molecule has 5 nitrogen and oxygen atoms in total. The van der Waals surface area contributed by atoms with Crippen molar-refractivity contribution in [2.75, 3.05) is 0 Å². The molecule has 1 heterocycles. The highest BCUT2D eigenvalue weighted by molar-refractivity contribution is 9.10. The van der Waals surface area contributed by atoms with Crippen LogP contribution in [0.1, 0.15) is 53.7 Å². The molecule has 0 aliphatic heterocycles. The zero-order chi connectivity index (χ0) is 21.3. The Bertz CT molecular complexity index is 1090. The molecule has 0 spiro atoms. The molecule has 1 atom stereocenters. The number of nitrogens with two attached hydrogens (primary N) is 1. The van der Waals surface area contributed by atoms with E-state index in [0.29, 0.717) is 34.1 Å². The van der Waals surface area contributed by atoms with E-state index in [-0.39, 0.29) is 5.91 Å². The number of carbonyl (C=O) groups is 2. The van der Waals surface area contributed by atoms with Crippen molar-refractivity contribution in [3.63, 3.8) is 0 Å². The largest absolute Gasteiger partial charge is 0.505 e. The summed E-state index contributed by atoms with van der Waals surface area (Å²) in [6.45, 7) is 3.72. The maximum atomic E-state index is 14.2. The fraction of sp³-hybridized carbons (Fsp3) is 0.273. The number of phenolic OH excluding ortho intramolecular Hbond substituents is 1. The van der Waals surface area contributed by atoms with Crippen LogP contribution in [0.15, 0.2) is 40.9 Å². The van der Waals surface area contributed by atoms with Gasteiger partial charge in [0.1, 0.15) is 0 Å². The van der Waals surface area contributed by atoms with E-state index in [1.165, 1.54) is 10.6 Å². The number of aromatic hydroxyl groups is 1. The lowest BCUT2D eigenvalue weighted by molar-refractivity contribution is -0.119. The average Bonchev–Trinajstić information content (AvgIpc) is 2.94. The Kier molecular flexibility index (Phi) is 6.07. The monoisotopic (exact) mass is 460 g/mol. The molecular formula is C22H22BrFN2O3. The van der Waals surface area contributed by atoms with E-state index >= 15 is 0 Å². The minimum atomic E-state index is -0.837. The van der Waals surface area contributed by atoms with Crippen LogP contribution in [0.25, 0.3) is 10.9 Å². The molecule has 0 aliphatic carbocycles. The number of unbranched alkanes of at least 4 members (excludes halogenated alkanes) is 1. The number of rotatable bonds is 6. The van der Waals surface area contributed by atoms with Gasteiger partial charge in [0.25, 0.3) is 5.91 Å². The summed E-state index contributed by atoms with van der Waals surface area (Å²) in [7, 11) is 0. The average molecular weight is 461 g/mol. The molecule has 7 heteroatoms. The van der Waals surface area contributed by atoms with Crippen molar-refractivity contribution >= 4 is 38.6 Å². The molecule has 0 aliphatic rings. The van der Waals surface area contributed by atoms with Crippen LogP contribution in [-0.2, 0) is 4.79 Å². The Balaban J connectivity index is 2.29. The predicted octanol–water partition coefficient (Wildman–Crippen LogP) is 5.00. The van der Waals surface area contributed by atoms with Crippen molar-refractivity contribution in [2.24, 2.45) is 5.73 Å². The quantitative estimate of drug-likeness (QED) is 0.542. The molecule has 1 aromatic heterocycles. The Hall–Kier alpha value is -2.67. The number of phenols is 1. The minimum Gasteiger partial charge on any atom is -0.505 e. The van der Waals surface area contributed by atoms with Gasteiger partial charge >= 0.3 is 0 Å². The molecule has 152 valence electrons. The number of aromatic nitrogens is 1. The number of halogens is 2. The third-order valence-electron chi connectivity index (χ3n) is 5.15. The van der Waals surface area contributed by atoms with Gasteiger partial charge in [0, 0.05) is 27.2 Å². The van der Waals surface area contributed by atoms with E-state index in [4.69, 9.17) is 5.73 Å². The van der Waals surface area contributed by atoms with Crippen molar-refractivity contribution in [1.82, 2.24) is 4.57 Å². The second kappa shape index (κ2) is 8.37. The van der Waals surface area contributed by atoms with Crippen LogP contribution < -0.4 is 5.73 Å². The highest BCUT2D eigenvalue weighted by Gasteiger charge is 2.29. The first-order chi connectivity index (χ1) is 13.8. The van der Waals surface area contributed by atoms with E-state index in [0.717, 1.165) is 23.4 Å². The first-order valence-electron chi connectivity index (χ1n) is 9.39. The van der Waals surface area contributed by atoms with Crippen LogP contribution in [0.5, 0.6) is 5.75 Å². The fourth-order valence-electron chi connectivity index (χ4n) is 3.71. The van der Waals surface area contributed by atoms with Crippen LogP contribution >= 0.6 is 15.9 Å². The lowest BCUT2D eigenvalue weighted by Gasteiger charge is -2.14. The number of amides is 1. The Morgan fingerprint density at radius 3 is 2.48 bits per heavy atom. The minimum absolute atomic E-state index is 0.295. The SMILES string of the molecule is CCCCC(C(N)=O)c1c(C)n(C(=O)c2ccc(Br)cc2)c2cc(F)c(O)cc12. The molecule has 3 rings (SSSR count). The normalized spacial score (nSPS) is 12.3. The third kappa shape index (κ3) is 3.92. The van der Waals surface area contributed by atoms with Crippen molar-refractivity contribution < 1.29 is 19.1 Å². The number of hydrogen-bond donors (Lipinski definition) is 2. The van der Waals surface area contributed by atoms with Gasteiger partial charge in [0.15, 0.2) is 11.6 Å². The van der Waals surface area contributed by atoms with Crippen molar-refractivity contribution in [1.29, 1.82) is 0 Å². The molecule has 29 heavy (non-hydrogen) atoms. The molecule has 0 fully saturated rings. The topological polar surface area (TPSA) is 85.3 Å². The molecule has 0 bridgehead atoms. The highest BCUT2D eigenvalue weighted by atomic mass is 79.9. The number of fused-ring (bicyclic) bond motifs is 1. The van der Waals surface area contributed by atoms with Gasteiger partial charge in [-0.05, 0) is 49.2 Å². The van der Waals surface area contributed by atoms with Gasteiger partial charge in [-0.2, -0.15) is 0 Å². The molecule has 0 saturated carbocycles. The second-order valence-electron chi connectivity index (χ2n) is 7.06. The van der Waals surface area contributed by atoms with E-state index in [1.807, 2.05) is 6.92 Å². The van der Waals surface area contributed by atoms with E-state index in [2.05, 4.69) is 15.9 Å². The number of hydrogen-bond acceptors (Lipinski definition) is 3. The number of primary amides is 1. The summed E-state index contributed by atoms with van der Waals surface area (Å²) in [5.74, 6) is -2.88. The van der Waals surface area contributed by atoms with Gasteiger partial charge in [0.05, 0.1) is 11.4 Å². The summed E-state index contributed by atoms with van der Waals surface area (Å²) in [5, 5.41) is 10.4. The van der Waals surface area contributed by atoms with Gasteiger partial charge in [0.2, 0.25) is 5.91 Å². The number of carbonyl (C=O) groups excluding carboxylic acids is 2. The summed E-state index contributed by atoms with van der Waals surface area (Å²) in [6.07, 6.45) is 2.16. The Labute approximate surface area is 176 Å². The summed E-state index contributed by atoms with van der Waals surface area (Å²) >= 11 is 3.34. The molecule has 0 radical (unpaired) electrons. The maximum Gasteiger partial charge on any atom is 0.262 e. The molecular weight excluding hydrogens is 439 g/mol. The zero-order valence-corrected chi connectivity index (χ0v) is 17.8. The molecule has 2 aromatic carbocycles. The molecule has 1 unspecified atom stereocenters. The summed E-state index contributed by atoms with van der Waals surface area (Å²) in [4.78, 5) is 25.5. The summed E-state index contributed by atoms with van der Waals surface area (Å²) in [5.41, 5.74) is 7.45. The van der Waals surface area contributed by atoms with Gasteiger partial charge < -0.3 is 10.8 Å². The van der Waals surface area contributed by atoms with E-state index in [9.17, 15) is 19.1 Å².